The molecular weight excluding hydrogens is 341 g/mol. The molecule has 1 aliphatic carbocycles. The van der Waals surface area contributed by atoms with Crippen molar-refractivity contribution in [2.45, 2.75) is 43.9 Å². The Morgan fingerprint density at radius 3 is 2.62 bits per heavy atom. The van der Waals surface area contributed by atoms with Gasteiger partial charge in [0.25, 0.3) is 0 Å². The highest BCUT2D eigenvalue weighted by Gasteiger charge is 2.29. The number of alkyl halides is 3. The maximum atomic E-state index is 12.6. The number of anilines is 1. The first kappa shape index (κ1) is 18.7. The molecular formula is C16H20ClF3N4. The number of aromatic nitrogens is 2. The second kappa shape index (κ2) is 7.11. The van der Waals surface area contributed by atoms with Gasteiger partial charge in [0.05, 0.1) is 11.9 Å². The lowest BCUT2D eigenvalue weighted by Gasteiger charge is -2.26. The van der Waals surface area contributed by atoms with Gasteiger partial charge in [-0.15, -0.1) is 12.4 Å². The third-order valence-corrected chi connectivity index (χ3v) is 4.41. The summed E-state index contributed by atoms with van der Waals surface area (Å²) in [5.74, 6) is 0.665. The first-order valence-electron chi connectivity index (χ1n) is 7.62. The van der Waals surface area contributed by atoms with Gasteiger partial charge in [-0.1, -0.05) is 6.07 Å². The molecule has 4 nitrogen and oxygen atoms in total. The first-order valence-corrected chi connectivity index (χ1v) is 7.62. The van der Waals surface area contributed by atoms with Crippen molar-refractivity contribution in [3.8, 4) is 0 Å². The third-order valence-electron chi connectivity index (χ3n) is 4.41. The molecule has 1 heterocycles. The summed E-state index contributed by atoms with van der Waals surface area (Å²) in [5.41, 5.74) is 6.83. The van der Waals surface area contributed by atoms with Gasteiger partial charge in [-0.25, -0.2) is 9.97 Å². The van der Waals surface area contributed by atoms with Gasteiger partial charge in [0.1, 0.15) is 12.1 Å². The molecule has 0 bridgehead atoms. The maximum absolute atomic E-state index is 12.6. The van der Waals surface area contributed by atoms with E-state index >= 15 is 0 Å². The van der Waals surface area contributed by atoms with E-state index in [1.165, 1.54) is 12.4 Å². The van der Waals surface area contributed by atoms with E-state index in [0.717, 1.165) is 19.3 Å². The minimum atomic E-state index is -4.23. The molecule has 24 heavy (non-hydrogen) atoms. The molecule has 0 saturated heterocycles. The largest absolute Gasteiger partial charge is 0.393 e. The summed E-state index contributed by atoms with van der Waals surface area (Å²) < 4.78 is 37.9. The Bertz CT molecular complexity index is 707. The Balaban J connectivity index is 0.00000208. The SMILES string of the molecule is CN(c1ncnc2ccc(CC(F)(F)F)cc12)C1CCC(N)C1.Cl. The fourth-order valence-electron chi connectivity index (χ4n) is 3.23. The summed E-state index contributed by atoms with van der Waals surface area (Å²) in [4.78, 5) is 10.5. The predicted octanol–water partition coefficient (Wildman–Crippen LogP) is 3.47. The average Bonchev–Trinajstić information content (AvgIpc) is 2.91. The lowest BCUT2D eigenvalue weighted by atomic mass is 10.1. The lowest BCUT2D eigenvalue weighted by Crippen LogP contribution is -2.31. The smallest absolute Gasteiger partial charge is 0.356 e. The van der Waals surface area contributed by atoms with Crippen molar-refractivity contribution in [3.05, 3.63) is 30.1 Å². The summed E-state index contributed by atoms with van der Waals surface area (Å²) in [7, 11) is 1.92. The molecule has 0 radical (unpaired) electrons. The van der Waals surface area contributed by atoms with E-state index in [2.05, 4.69) is 9.97 Å². The number of fused-ring (bicyclic) bond motifs is 1. The molecule has 2 aromatic rings. The highest BCUT2D eigenvalue weighted by atomic mass is 35.5. The van der Waals surface area contributed by atoms with Gasteiger partial charge in [-0.05, 0) is 37.0 Å². The van der Waals surface area contributed by atoms with Crippen LogP contribution in [0.5, 0.6) is 0 Å². The number of hydrogen-bond acceptors (Lipinski definition) is 4. The predicted molar refractivity (Wildman–Crippen MR) is 90.6 cm³/mol. The number of benzene rings is 1. The Morgan fingerprint density at radius 1 is 1.25 bits per heavy atom. The topological polar surface area (TPSA) is 55.0 Å². The Morgan fingerprint density at radius 2 is 2.00 bits per heavy atom. The van der Waals surface area contributed by atoms with Crippen molar-refractivity contribution in [2.24, 2.45) is 5.73 Å². The van der Waals surface area contributed by atoms with Crippen LogP contribution < -0.4 is 10.6 Å². The highest BCUT2D eigenvalue weighted by Crippen LogP contribution is 2.31. The van der Waals surface area contributed by atoms with E-state index in [9.17, 15) is 13.2 Å². The summed E-state index contributed by atoms with van der Waals surface area (Å²) in [6.07, 6.45) is -0.942. The van der Waals surface area contributed by atoms with Crippen molar-refractivity contribution < 1.29 is 13.2 Å². The molecule has 1 aliphatic rings. The summed E-state index contributed by atoms with van der Waals surface area (Å²) in [5, 5.41) is 0.650. The number of nitrogens with zero attached hydrogens (tertiary/aromatic N) is 3. The number of halogens is 4. The molecule has 2 unspecified atom stereocenters. The Kier molecular flexibility index (Phi) is 5.55. The van der Waals surface area contributed by atoms with Crippen LogP contribution in [0.25, 0.3) is 10.9 Å². The molecule has 1 aromatic heterocycles. The Hall–Kier alpha value is -1.60. The maximum Gasteiger partial charge on any atom is 0.393 e. The van der Waals surface area contributed by atoms with Crippen molar-refractivity contribution in [2.75, 3.05) is 11.9 Å². The van der Waals surface area contributed by atoms with Gasteiger partial charge >= 0.3 is 6.18 Å². The molecule has 1 fully saturated rings. The van der Waals surface area contributed by atoms with E-state index in [0.29, 0.717) is 16.7 Å². The molecule has 2 atom stereocenters. The molecule has 0 amide bonds. The standard InChI is InChI=1S/C16H19F3N4.ClH/c1-23(12-4-3-11(20)7-12)15-13-6-10(8-16(17,18)19)2-5-14(13)21-9-22-15;/h2,5-6,9,11-12H,3-4,7-8,20H2,1H3;1H. The van der Waals surface area contributed by atoms with Crippen LogP contribution in [-0.4, -0.2) is 35.3 Å². The van der Waals surface area contributed by atoms with Crippen molar-refractivity contribution in [3.63, 3.8) is 0 Å². The molecule has 2 N–H and O–H groups in total. The van der Waals surface area contributed by atoms with Gasteiger partial charge in [0, 0.05) is 24.5 Å². The lowest BCUT2D eigenvalue weighted by molar-refractivity contribution is -0.127. The van der Waals surface area contributed by atoms with Gasteiger partial charge in [0.2, 0.25) is 0 Å². The second-order valence-corrected chi connectivity index (χ2v) is 6.18. The third kappa shape index (κ3) is 4.08. The molecule has 8 heteroatoms. The van der Waals surface area contributed by atoms with Crippen LogP contribution in [0.1, 0.15) is 24.8 Å². The molecule has 0 aliphatic heterocycles. The van der Waals surface area contributed by atoms with E-state index in [1.807, 2.05) is 11.9 Å². The molecule has 3 rings (SSSR count). The van der Waals surface area contributed by atoms with E-state index < -0.39 is 12.6 Å². The number of hydrogen-bond donors (Lipinski definition) is 1. The summed E-state index contributed by atoms with van der Waals surface area (Å²) >= 11 is 0. The quantitative estimate of drug-likeness (QED) is 0.910. The van der Waals surface area contributed by atoms with Crippen LogP contribution in [0.3, 0.4) is 0 Å². The van der Waals surface area contributed by atoms with E-state index in [-0.39, 0.29) is 30.1 Å². The zero-order chi connectivity index (χ0) is 16.6. The van der Waals surface area contributed by atoms with Crippen LogP contribution in [0.2, 0.25) is 0 Å². The fourth-order valence-corrected chi connectivity index (χ4v) is 3.23. The zero-order valence-electron chi connectivity index (χ0n) is 13.3. The first-order chi connectivity index (χ1) is 10.8. The molecule has 1 saturated carbocycles. The minimum Gasteiger partial charge on any atom is -0.356 e. The van der Waals surface area contributed by atoms with Gasteiger partial charge in [-0.2, -0.15) is 13.2 Å². The van der Waals surface area contributed by atoms with Crippen LogP contribution in [0, 0.1) is 0 Å². The van der Waals surface area contributed by atoms with E-state index in [4.69, 9.17) is 5.73 Å². The highest BCUT2D eigenvalue weighted by molar-refractivity contribution is 5.89. The number of rotatable bonds is 3. The van der Waals surface area contributed by atoms with Gasteiger partial charge in [-0.3, -0.25) is 0 Å². The van der Waals surface area contributed by atoms with Crippen LogP contribution in [0.4, 0.5) is 19.0 Å². The summed E-state index contributed by atoms with van der Waals surface area (Å²) in [6, 6.07) is 5.07. The average molecular weight is 361 g/mol. The normalized spacial score (nSPS) is 20.9. The molecule has 1 aromatic carbocycles. The molecule has 0 spiro atoms. The minimum absolute atomic E-state index is 0. The van der Waals surface area contributed by atoms with E-state index in [1.54, 1.807) is 12.1 Å². The van der Waals surface area contributed by atoms with Crippen LogP contribution in [-0.2, 0) is 6.42 Å². The van der Waals surface area contributed by atoms with Crippen LogP contribution in [0.15, 0.2) is 24.5 Å². The second-order valence-electron chi connectivity index (χ2n) is 6.18. The number of nitrogens with two attached hydrogens (primary N) is 1. The Labute approximate surface area is 144 Å². The zero-order valence-corrected chi connectivity index (χ0v) is 14.1. The monoisotopic (exact) mass is 360 g/mol. The van der Waals surface area contributed by atoms with Gasteiger partial charge in [0.15, 0.2) is 0 Å². The van der Waals surface area contributed by atoms with Crippen molar-refractivity contribution >= 4 is 29.1 Å². The molecule has 132 valence electrons. The van der Waals surface area contributed by atoms with Crippen molar-refractivity contribution in [1.29, 1.82) is 0 Å². The van der Waals surface area contributed by atoms with Crippen LogP contribution >= 0.6 is 12.4 Å². The van der Waals surface area contributed by atoms with Gasteiger partial charge < -0.3 is 10.6 Å². The summed E-state index contributed by atoms with van der Waals surface area (Å²) in [6.45, 7) is 0. The van der Waals surface area contributed by atoms with Crippen molar-refractivity contribution in [1.82, 2.24) is 9.97 Å². The fraction of sp³-hybridized carbons (Fsp3) is 0.500.